The minimum Gasteiger partial charge on any atom is -0.491 e. The number of hydrogen-bond acceptors (Lipinski definition) is 3. The fourth-order valence-corrected chi connectivity index (χ4v) is 3.50. The van der Waals surface area contributed by atoms with Crippen LogP contribution >= 0.6 is 0 Å². The number of rotatable bonds is 5. The molecule has 3 rings (SSSR count). The van der Waals surface area contributed by atoms with Crippen molar-refractivity contribution in [2.24, 2.45) is 5.92 Å². The second-order valence-corrected chi connectivity index (χ2v) is 7.06. The first-order valence-electron chi connectivity index (χ1n) is 8.90. The van der Waals surface area contributed by atoms with Gasteiger partial charge in [0, 0.05) is 24.7 Å². The maximum Gasteiger partial charge on any atom is 0.227 e. The summed E-state index contributed by atoms with van der Waals surface area (Å²) in [6, 6.07) is 7.80. The molecule has 2 amide bonds. The molecule has 0 aromatic heterocycles. The molecule has 1 atom stereocenters. The van der Waals surface area contributed by atoms with Crippen LogP contribution in [-0.4, -0.2) is 30.5 Å². The number of ether oxygens (including phenoxy) is 1. The average molecular weight is 330 g/mol. The normalized spacial score (nSPS) is 21.5. The van der Waals surface area contributed by atoms with E-state index < -0.39 is 0 Å². The lowest BCUT2D eigenvalue weighted by Gasteiger charge is -2.19. The maximum atomic E-state index is 12.4. The molecule has 0 bridgehead atoms. The predicted octanol–water partition coefficient (Wildman–Crippen LogP) is 2.89. The molecule has 1 aromatic rings. The lowest BCUT2D eigenvalue weighted by Crippen LogP contribution is -2.38. The standard InChI is InChI=1S/C19H26N2O3/c1-13(2)24-17-9-7-16(8-10-17)21-12-14(11-18(21)22)19(23)20-15-5-3-4-6-15/h7-10,13-15H,3-6,11-12H2,1-2H3,(H,20,23)/t14-/m1/s1. The predicted molar refractivity (Wildman–Crippen MR) is 93.1 cm³/mol. The Labute approximate surface area is 143 Å². The van der Waals surface area contributed by atoms with Crippen molar-refractivity contribution in [2.75, 3.05) is 11.4 Å². The van der Waals surface area contributed by atoms with Crippen LogP contribution in [-0.2, 0) is 9.59 Å². The second kappa shape index (κ2) is 7.24. The van der Waals surface area contributed by atoms with Gasteiger partial charge in [-0.1, -0.05) is 12.8 Å². The molecule has 24 heavy (non-hydrogen) atoms. The number of carbonyl (C=O) groups excluding carboxylic acids is 2. The number of amides is 2. The van der Waals surface area contributed by atoms with Gasteiger partial charge in [0.15, 0.2) is 0 Å². The summed E-state index contributed by atoms with van der Waals surface area (Å²) in [4.78, 5) is 26.4. The lowest BCUT2D eigenvalue weighted by atomic mass is 10.1. The molecule has 1 heterocycles. The van der Waals surface area contributed by atoms with Crippen molar-refractivity contribution < 1.29 is 14.3 Å². The molecule has 5 nitrogen and oxygen atoms in total. The molecule has 1 aliphatic heterocycles. The van der Waals surface area contributed by atoms with E-state index in [-0.39, 0.29) is 23.8 Å². The molecule has 130 valence electrons. The highest BCUT2D eigenvalue weighted by molar-refractivity contribution is 6.00. The van der Waals surface area contributed by atoms with Crippen LogP contribution in [0.1, 0.15) is 46.0 Å². The van der Waals surface area contributed by atoms with E-state index in [0.29, 0.717) is 19.0 Å². The van der Waals surface area contributed by atoms with Crippen molar-refractivity contribution in [3.63, 3.8) is 0 Å². The molecular weight excluding hydrogens is 304 g/mol. The largest absolute Gasteiger partial charge is 0.491 e. The van der Waals surface area contributed by atoms with E-state index in [0.717, 1.165) is 24.3 Å². The van der Waals surface area contributed by atoms with Crippen molar-refractivity contribution in [1.29, 1.82) is 0 Å². The zero-order valence-corrected chi connectivity index (χ0v) is 14.5. The van der Waals surface area contributed by atoms with Gasteiger partial charge in [0.1, 0.15) is 5.75 Å². The van der Waals surface area contributed by atoms with Gasteiger partial charge >= 0.3 is 0 Å². The molecule has 1 N–H and O–H groups in total. The third-order valence-electron chi connectivity index (χ3n) is 4.72. The molecule has 0 unspecified atom stereocenters. The minimum absolute atomic E-state index is 0.0131. The first-order chi connectivity index (χ1) is 11.5. The Morgan fingerprint density at radius 1 is 1.21 bits per heavy atom. The van der Waals surface area contributed by atoms with Crippen LogP contribution < -0.4 is 15.0 Å². The zero-order chi connectivity index (χ0) is 17.1. The summed E-state index contributed by atoms with van der Waals surface area (Å²) in [6.07, 6.45) is 4.91. The van der Waals surface area contributed by atoms with Gasteiger partial charge in [0.2, 0.25) is 11.8 Å². The number of nitrogens with one attached hydrogen (secondary N) is 1. The number of nitrogens with zero attached hydrogens (tertiary/aromatic N) is 1. The Morgan fingerprint density at radius 3 is 2.50 bits per heavy atom. The van der Waals surface area contributed by atoms with Gasteiger partial charge in [0.25, 0.3) is 0 Å². The Balaban J connectivity index is 1.60. The molecule has 0 radical (unpaired) electrons. The van der Waals surface area contributed by atoms with Gasteiger partial charge in [0.05, 0.1) is 12.0 Å². The van der Waals surface area contributed by atoms with E-state index in [4.69, 9.17) is 4.74 Å². The monoisotopic (exact) mass is 330 g/mol. The van der Waals surface area contributed by atoms with E-state index >= 15 is 0 Å². The van der Waals surface area contributed by atoms with Crippen molar-refractivity contribution in [3.8, 4) is 5.75 Å². The number of anilines is 1. The van der Waals surface area contributed by atoms with Crippen molar-refractivity contribution >= 4 is 17.5 Å². The van der Waals surface area contributed by atoms with Crippen molar-refractivity contribution in [1.82, 2.24) is 5.32 Å². The summed E-state index contributed by atoms with van der Waals surface area (Å²) in [5.74, 6) is 0.581. The van der Waals surface area contributed by atoms with Gasteiger partial charge < -0.3 is 15.0 Å². The van der Waals surface area contributed by atoms with Crippen LogP contribution in [0.4, 0.5) is 5.69 Å². The third kappa shape index (κ3) is 3.89. The van der Waals surface area contributed by atoms with Crippen molar-refractivity contribution in [2.45, 2.75) is 58.1 Å². The van der Waals surface area contributed by atoms with Crippen LogP contribution in [0.3, 0.4) is 0 Å². The smallest absolute Gasteiger partial charge is 0.227 e. The van der Waals surface area contributed by atoms with Crippen LogP contribution in [0.5, 0.6) is 5.75 Å². The molecule has 1 aromatic carbocycles. The maximum absolute atomic E-state index is 12.4. The quantitative estimate of drug-likeness (QED) is 0.903. The zero-order valence-electron chi connectivity index (χ0n) is 14.5. The highest BCUT2D eigenvalue weighted by Gasteiger charge is 2.36. The molecule has 0 spiro atoms. The van der Waals surface area contributed by atoms with Gasteiger partial charge in [-0.25, -0.2) is 0 Å². The van der Waals surface area contributed by atoms with Crippen LogP contribution in [0.2, 0.25) is 0 Å². The molecule has 2 aliphatic rings. The fraction of sp³-hybridized carbons (Fsp3) is 0.579. The first kappa shape index (κ1) is 16.8. The number of hydrogen-bond donors (Lipinski definition) is 1. The summed E-state index contributed by atoms with van der Waals surface area (Å²) >= 11 is 0. The summed E-state index contributed by atoms with van der Waals surface area (Å²) in [5, 5.41) is 3.11. The van der Waals surface area contributed by atoms with Crippen LogP contribution in [0.15, 0.2) is 24.3 Å². The van der Waals surface area contributed by atoms with Gasteiger partial charge in [-0.15, -0.1) is 0 Å². The van der Waals surface area contributed by atoms with E-state index in [2.05, 4.69) is 5.32 Å². The summed E-state index contributed by atoms with van der Waals surface area (Å²) in [6.45, 7) is 4.42. The lowest BCUT2D eigenvalue weighted by molar-refractivity contribution is -0.126. The van der Waals surface area contributed by atoms with E-state index in [9.17, 15) is 9.59 Å². The second-order valence-electron chi connectivity index (χ2n) is 7.06. The molecule has 5 heteroatoms. The summed E-state index contributed by atoms with van der Waals surface area (Å²) in [5.41, 5.74) is 0.826. The van der Waals surface area contributed by atoms with Gasteiger partial charge in [-0.2, -0.15) is 0 Å². The van der Waals surface area contributed by atoms with Crippen molar-refractivity contribution in [3.05, 3.63) is 24.3 Å². The molecule has 1 saturated carbocycles. The highest BCUT2D eigenvalue weighted by Crippen LogP contribution is 2.28. The Bertz CT molecular complexity index is 591. The summed E-state index contributed by atoms with van der Waals surface area (Å²) < 4.78 is 5.62. The third-order valence-corrected chi connectivity index (χ3v) is 4.72. The topological polar surface area (TPSA) is 58.6 Å². The van der Waals surface area contributed by atoms with Crippen LogP contribution in [0, 0.1) is 5.92 Å². The van der Waals surface area contributed by atoms with Gasteiger partial charge in [-0.05, 0) is 51.0 Å². The molecule has 1 aliphatic carbocycles. The average Bonchev–Trinajstić information content (AvgIpc) is 3.17. The van der Waals surface area contributed by atoms with E-state index in [1.54, 1.807) is 4.90 Å². The first-order valence-corrected chi connectivity index (χ1v) is 8.90. The Hall–Kier alpha value is -2.04. The Kier molecular flexibility index (Phi) is 5.07. The SMILES string of the molecule is CC(C)Oc1ccc(N2C[C@H](C(=O)NC3CCCC3)CC2=O)cc1. The molecule has 1 saturated heterocycles. The molecular formula is C19H26N2O3. The fourth-order valence-electron chi connectivity index (χ4n) is 3.50. The van der Waals surface area contributed by atoms with Crippen LogP contribution in [0.25, 0.3) is 0 Å². The number of carbonyl (C=O) groups is 2. The minimum atomic E-state index is -0.246. The number of benzene rings is 1. The van der Waals surface area contributed by atoms with E-state index in [1.807, 2.05) is 38.1 Å². The van der Waals surface area contributed by atoms with E-state index in [1.165, 1.54) is 12.8 Å². The van der Waals surface area contributed by atoms with Gasteiger partial charge in [-0.3, -0.25) is 9.59 Å². The summed E-state index contributed by atoms with van der Waals surface area (Å²) in [7, 11) is 0. The molecule has 2 fully saturated rings. The Morgan fingerprint density at radius 2 is 1.88 bits per heavy atom. The highest BCUT2D eigenvalue weighted by atomic mass is 16.5.